The van der Waals surface area contributed by atoms with Crippen LogP contribution in [0.3, 0.4) is 0 Å². The molecule has 14 heavy (non-hydrogen) atoms. The number of alkyl halides is 1. The number of benzene rings is 1. The van der Waals surface area contributed by atoms with E-state index in [9.17, 15) is 13.6 Å². The minimum Gasteiger partial charge on any atom is -0.323 e. The van der Waals surface area contributed by atoms with Gasteiger partial charge in [0.1, 0.15) is 11.6 Å². The summed E-state index contributed by atoms with van der Waals surface area (Å²) in [5.74, 6) is -1.84. The molecule has 0 aliphatic rings. The van der Waals surface area contributed by atoms with Crippen LogP contribution in [0.15, 0.2) is 18.2 Å². The van der Waals surface area contributed by atoms with E-state index in [0.717, 1.165) is 6.07 Å². The van der Waals surface area contributed by atoms with Gasteiger partial charge in [0.2, 0.25) is 5.91 Å². The number of carbonyl (C=O) groups excluding carboxylic acids is 1. The Hall–Kier alpha value is -0.970. The van der Waals surface area contributed by atoms with E-state index in [2.05, 4.69) is 21.2 Å². The normalized spacial score (nSPS) is 12.3. The van der Waals surface area contributed by atoms with Gasteiger partial charge in [0.05, 0.1) is 10.5 Å². The monoisotopic (exact) mass is 263 g/mol. The molecule has 0 unspecified atom stereocenters. The molecule has 0 saturated carbocycles. The van der Waals surface area contributed by atoms with Crippen LogP contribution in [0.5, 0.6) is 0 Å². The zero-order valence-corrected chi connectivity index (χ0v) is 8.94. The van der Waals surface area contributed by atoms with Crippen molar-refractivity contribution in [3.8, 4) is 0 Å². The Labute approximate surface area is 88.4 Å². The summed E-state index contributed by atoms with van der Waals surface area (Å²) in [4.78, 5) is 10.7. The van der Waals surface area contributed by atoms with Crippen molar-refractivity contribution in [1.82, 2.24) is 0 Å². The van der Waals surface area contributed by atoms with E-state index in [-0.39, 0.29) is 11.6 Å². The quantitative estimate of drug-likeness (QED) is 0.817. The van der Waals surface area contributed by atoms with Crippen molar-refractivity contribution in [2.75, 3.05) is 5.32 Å². The third-order valence-corrected chi connectivity index (χ3v) is 1.97. The summed E-state index contributed by atoms with van der Waals surface area (Å²) in [5.41, 5.74) is -0.0253. The van der Waals surface area contributed by atoms with Crippen LogP contribution < -0.4 is 5.32 Å². The molecule has 1 amide bonds. The highest BCUT2D eigenvalue weighted by Gasteiger charge is 2.11. The second kappa shape index (κ2) is 4.50. The molecule has 0 aliphatic carbocycles. The van der Waals surface area contributed by atoms with Crippen molar-refractivity contribution in [3.63, 3.8) is 0 Å². The molecule has 0 saturated heterocycles. The highest BCUT2D eigenvalue weighted by atomic mass is 79.9. The number of amides is 1. The molecule has 0 bridgehead atoms. The van der Waals surface area contributed by atoms with Crippen molar-refractivity contribution in [2.24, 2.45) is 0 Å². The van der Waals surface area contributed by atoms with Crippen LogP contribution in [-0.4, -0.2) is 10.7 Å². The van der Waals surface area contributed by atoms with Gasteiger partial charge < -0.3 is 5.32 Å². The first-order chi connectivity index (χ1) is 6.50. The molecule has 0 aromatic heterocycles. The van der Waals surface area contributed by atoms with Crippen LogP contribution in [0, 0.1) is 11.6 Å². The summed E-state index contributed by atoms with van der Waals surface area (Å²) >= 11 is 3.03. The summed E-state index contributed by atoms with van der Waals surface area (Å²) in [5, 5.41) is 2.31. The van der Waals surface area contributed by atoms with Gasteiger partial charge in [-0.1, -0.05) is 15.9 Å². The molecule has 1 aromatic rings. The van der Waals surface area contributed by atoms with Gasteiger partial charge in [0.25, 0.3) is 0 Å². The Bertz CT molecular complexity index is 355. The third kappa shape index (κ3) is 2.77. The smallest absolute Gasteiger partial charge is 0.237 e. The van der Waals surface area contributed by atoms with Gasteiger partial charge in [-0.3, -0.25) is 4.79 Å². The van der Waals surface area contributed by atoms with E-state index < -0.39 is 16.5 Å². The lowest BCUT2D eigenvalue weighted by Gasteiger charge is -2.07. The highest BCUT2D eigenvalue weighted by molar-refractivity contribution is 9.10. The van der Waals surface area contributed by atoms with Gasteiger partial charge in [0.15, 0.2) is 0 Å². The number of rotatable bonds is 2. The minimum absolute atomic E-state index is 0.0253. The van der Waals surface area contributed by atoms with Crippen LogP contribution in [0.2, 0.25) is 0 Å². The van der Waals surface area contributed by atoms with Crippen molar-refractivity contribution in [2.45, 2.75) is 11.8 Å². The molecule has 5 heteroatoms. The lowest BCUT2D eigenvalue weighted by Crippen LogP contribution is -2.20. The predicted octanol–water partition coefficient (Wildman–Crippen LogP) is 2.69. The SMILES string of the molecule is C[C@@H](Br)C(=O)Nc1ccc(F)cc1F. The second-order valence-corrected chi connectivity index (χ2v) is 4.10. The maximum Gasteiger partial charge on any atom is 0.237 e. The molecule has 0 heterocycles. The Morgan fingerprint density at radius 3 is 2.64 bits per heavy atom. The molecule has 1 N–H and O–H groups in total. The van der Waals surface area contributed by atoms with Crippen molar-refractivity contribution < 1.29 is 13.6 Å². The van der Waals surface area contributed by atoms with Gasteiger partial charge in [0, 0.05) is 6.07 Å². The van der Waals surface area contributed by atoms with Crippen molar-refractivity contribution in [3.05, 3.63) is 29.8 Å². The molecule has 1 rings (SSSR count). The van der Waals surface area contributed by atoms with Crippen LogP contribution in [0.4, 0.5) is 14.5 Å². The Kier molecular flexibility index (Phi) is 3.57. The van der Waals surface area contributed by atoms with Gasteiger partial charge in [-0.2, -0.15) is 0 Å². The number of anilines is 1. The van der Waals surface area contributed by atoms with Crippen LogP contribution in [0.1, 0.15) is 6.92 Å². The standard InChI is InChI=1S/C9H8BrF2NO/c1-5(10)9(14)13-8-3-2-6(11)4-7(8)12/h2-5H,1H3,(H,13,14)/t5-/m1/s1. The summed E-state index contributed by atoms with van der Waals surface area (Å²) in [6.45, 7) is 1.61. The number of carbonyl (C=O) groups is 1. The first-order valence-electron chi connectivity index (χ1n) is 3.90. The first-order valence-corrected chi connectivity index (χ1v) is 4.82. The molecule has 0 radical (unpaired) electrons. The molecule has 2 nitrogen and oxygen atoms in total. The molecular weight excluding hydrogens is 256 g/mol. The summed E-state index contributed by atoms with van der Waals surface area (Å²) in [6.07, 6.45) is 0. The van der Waals surface area contributed by atoms with Crippen molar-refractivity contribution in [1.29, 1.82) is 0 Å². The van der Waals surface area contributed by atoms with E-state index in [1.807, 2.05) is 0 Å². The maximum absolute atomic E-state index is 13.0. The second-order valence-electron chi connectivity index (χ2n) is 2.73. The third-order valence-electron chi connectivity index (χ3n) is 1.55. The summed E-state index contributed by atoms with van der Waals surface area (Å²) < 4.78 is 25.5. The van der Waals surface area contributed by atoms with Gasteiger partial charge >= 0.3 is 0 Å². The lowest BCUT2D eigenvalue weighted by atomic mass is 10.3. The highest BCUT2D eigenvalue weighted by Crippen LogP contribution is 2.15. The lowest BCUT2D eigenvalue weighted by molar-refractivity contribution is -0.115. The molecule has 0 spiro atoms. The van der Waals surface area contributed by atoms with E-state index in [4.69, 9.17) is 0 Å². The minimum atomic E-state index is -0.786. The molecule has 76 valence electrons. The fourth-order valence-electron chi connectivity index (χ4n) is 0.823. The van der Waals surface area contributed by atoms with Crippen LogP contribution >= 0.6 is 15.9 Å². The first kappa shape index (κ1) is 11.1. The average molecular weight is 264 g/mol. The average Bonchev–Trinajstić information content (AvgIpc) is 2.09. The molecule has 0 aliphatic heterocycles. The van der Waals surface area contributed by atoms with E-state index >= 15 is 0 Å². The molecule has 1 atom stereocenters. The van der Waals surface area contributed by atoms with Crippen LogP contribution in [0.25, 0.3) is 0 Å². The Morgan fingerprint density at radius 2 is 2.14 bits per heavy atom. The Balaban J connectivity index is 2.82. The van der Waals surface area contributed by atoms with E-state index in [1.165, 1.54) is 6.07 Å². The van der Waals surface area contributed by atoms with Gasteiger partial charge in [-0.05, 0) is 19.1 Å². The molecular formula is C9H8BrF2NO. The molecule has 0 fully saturated rings. The largest absolute Gasteiger partial charge is 0.323 e. The predicted molar refractivity (Wildman–Crippen MR) is 53.4 cm³/mol. The van der Waals surface area contributed by atoms with Gasteiger partial charge in [-0.25, -0.2) is 8.78 Å². The fraction of sp³-hybridized carbons (Fsp3) is 0.222. The number of halogens is 3. The topological polar surface area (TPSA) is 29.1 Å². The van der Waals surface area contributed by atoms with E-state index in [1.54, 1.807) is 6.92 Å². The van der Waals surface area contributed by atoms with Gasteiger partial charge in [-0.15, -0.1) is 0 Å². The zero-order chi connectivity index (χ0) is 10.7. The molecule has 1 aromatic carbocycles. The summed E-state index contributed by atoms with van der Waals surface area (Å²) in [7, 11) is 0. The van der Waals surface area contributed by atoms with Crippen LogP contribution in [-0.2, 0) is 4.79 Å². The Morgan fingerprint density at radius 1 is 1.50 bits per heavy atom. The number of hydrogen-bond acceptors (Lipinski definition) is 1. The number of nitrogens with one attached hydrogen (secondary N) is 1. The summed E-state index contributed by atoms with van der Waals surface area (Å²) in [6, 6.07) is 2.98. The zero-order valence-electron chi connectivity index (χ0n) is 7.35. The fourth-order valence-corrected chi connectivity index (χ4v) is 0.937. The van der Waals surface area contributed by atoms with E-state index in [0.29, 0.717) is 6.07 Å². The van der Waals surface area contributed by atoms with Crippen molar-refractivity contribution >= 4 is 27.5 Å². The number of hydrogen-bond donors (Lipinski definition) is 1. The maximum atomic E-state index is 13.0.